The summed E-state index contributed by atoms with van der Waals surface area (Å²) in [6.45, 7) is 4.94. The molecule has 0 unspecified atom stereocenters. The number of sulfonamides is 1. The summed E-state index contributed by atoms with van der Waals surface area (Å²) in [4.78, 5) is 0.225. The van der Waals surface area contributed by atoms with Gasteiger partial charge in [0.15, 0.2) is 15.6 Å². The molecule has 1 atom stereocenters. The van der Waals surface area contributed by atoms with E-state index in [2.05, 4.69) is 9.88 Å². The van der Waals surface area contributed by atoms with Gasteiger partial charge in [0.2, 0.25) is 10.0 Å². The number of nitrogens with one attached hydrogen (secondary N) is 1. The fraction of sp³-hybridized carbons (Fsp3) is 0.400. The number of nitrogens with zero attached hydrogens (tertiary/aromatic N) is 1. The van der Waals surface area contributed by atoms with Gasteiger partial charge in [-0.3, -0.25) is 0 Å². The zero-order valence-corrected chi connectivity index (χ0v) is 15.5. The second-order valence-corrected chi connectivity index (χ2v) is 9.24. The molecule has 2 aromatic rings. The van der Waals surface area contributed by atoms with E-state index in [0.717, 1.165) is 6.26 Å². The van der Waals surface area contributed by atoms with Gasteiger partial charge in [-0.1, -0.05) is 24.2 Å². The van der Waals surface area contributed by atoms with Crippen LogP contribution in [-0.4, -0.2) is 28.2 Å². The highest BCUT2D eigenvalue weighted by Crippen LogP contribution is 2.24. The van der Waals surface area contributed by atoms with Crippen molar-refractivity contribution in [2.24, 2.45) is 0 Å². The molecule has 1 aromatic heterocycles. The maximum Gasteiger partial charge on any atom is 0.246 e. The summed E-state index contributed by atoms with van der Waals surface area (Å²) in [5, 5.41) is 3.67. The van der Waals surface area contributed by atoms with Crippen molar-refractivity contribution in [3.63, 3.8) is 0 Å². The third-order valence-corrected chi connectivity index (χ3v) is 6.50. The molecule has 0 amide bonds. The minimum atomic E-state index is -3.80. The molecule has 0 saturated heterocycles. The van der Waals surface area contributed by atoms with E-state index in [9.17, 15) is 16.8 Å². The van der Waals surface area contributed by atoms with Crippen molar-refractivity contribution < 1.29 is 21.4 Å². The summed E-state index contributed by atoms with van der Waals surface area (Å²) in [7, 11) is -7.09. The number of sulfone groups is 1. The Labute approximate surface area is 142 Å². The van der Waals surface area contributed by atoms with Gasteiger partial charge >= 0.3 is 0 Å². The van der Waals surface area contributed by atoms with Crippen LogP contribution in [0.4, 0.5) is 0 Å². The van der Waals surface area contributed by atoms with Gasteiger partial charge < -0.3 is 4.52 Å². The van der Waals surface area contributed by atoms with Crippen molar-refractivity contribution in [2.45, 2.75) is 43.0 Å². The fourth-order valence-corrected chi connectivity index (χ4v) is 4.71. The van der Waals surface area contributed by atoms with Gasteiger partial charge in [0.05, 0.1) is 4.90 Å². The molecule has 7 nitrogen and oxygen atoms in total. The Morgan fingerprint density at radius 2 is 1.71 bits per heavy atom. The molecule has 1 heterocycles. The van der Waals surface area contributed by atoms with Gasteiger partial charge in [-0.15, -0.1) is 0 Å². The molecule has 0 radical (unpaired) electrons. The van der Waals surface area contributed by atoms with E-state index < -0.39 is 25.9 Å². The van der Waals surface area contributed by atoms with Crippen molar-refractivity contribution in [3.05, 3.63) is 41.3 Å². The van der Waals surface area contributed by atoms with Crippen LogP contribution in [0.3, 0.4) is 0 Å². The first-order valence-corrected chi connectivity index (χ1v) is 10.7. The zero-order chi connectivity index (χ0) is 18.1. The molecule has 0 saturated carbocycles. The van der Waals surface area contributed by atoms with Gasteiger partial charge in [-0.2, -0.15) is 0 Å². The zero-order valence-electron chi connectivity index (χ0n) is 13.9. The molecule has 24 heavy (non-hydrogen) atoms. The van der Waals surface area contributed by atoms with Crippen LogP contribution in [0.25, 0.3) is 0 Å². The second-order valence-electron chi connectivity index (χ2n) is 5.58. The molecule has 0 spiro atoms. The fourth-order valence-electron chi connectivity index (χ4n) is 2.44. The van der Waals surface area contributed by atoms with E-state index in [1.165, 1.54) is 19.1 Å². The molecule has 2 rings (SSSR count). The van der Waals surface area contributed by atoms with E-state index in [1.54, 1.807) is 19.1 Å². The molecular formula is C15H20N2O5S2. The molecule has 0 aliphatic carbocycles. The molecule has 0 aliphatic heterocycles. The summed E-state index contributed by atoms with van der Waals surface area (Å²) in [5.41, 5.74) is 0.975. The lowest BCUT2D eigenvalue weighted by molar-refractivity contribution is 0.390. The van der Waals surface area contributed by atoms with Crippen molar-refractivity contribution >= 4 is 19.9 Å². The van der Waals surface area contributed by atoms with Gasteiger partial charge in [0.25, 0.3) is 0 Å². The maximum atomic E-state index is 12.6. The Balaban J connectivity index is 2.33. The SMILES string of the molecule is CC[C@H](NS(=O)(=O)c1c(C)noc1C)c1ccc(S(C)(=O)=O)cc1. The van der Waals surface area contributed by atoms with Crippen LogP contribution in [0.15, 0.2) is 38.6 Å². The second kappa shape index (κ2) is 6.66. The molecular weight excluding hydrogens is 352 g/mol. The van der Waals surface area contributed by atoms with E-state index in [0.29, 0.717) is 17.7 Å². The summed E-state index contributed by atoms with van der Waals surface area (Å²) < 4.78 is 55.8. The highest BCUT2D eigenvalue weighted by Gasteiger charge is 2.27. The largest absolute Gasteiger partial charge is 0.360 e. The van der Waals surface area contributed by atoms with Crippen molar-refractivity contribution in [3.8, 4) is 0 Å². The van der Waals surface area contributed by atoms with E-state index in [1.807, 2.05) is 6.92 Å². The molecule has 1 N–H and O–H groups in total. The van der Waals surface area contributed by atoms with Gasteiger partial charge in [-0.25, -0.2) is 21.6 Å². The summed E-state index contributed by atoms with van der Waals surface area (Å²) in [6, 6.07) is 5.67. The van der Waals surface area contributed by atoms with Crippen LogP contribution < -0.4 is 4.72 Å². The minimum Gasteiger partial charge on any atom is -0.360 e. The molecule has 1 aromatic carbocycles. The van der Waals surface area contributed by atoms with Gasteiger partial charge in [-0.05, 0) is 38.0 Å². The van der Waals surface area contributed by atoms with Crippen molar-refractivity contribution in [1.29, 1.82) is 0 Å². The van der Waals surface area contributed by atoms with Crippen LogP contribution >= 0.6 is 0 Å². The average Bonchev–Trinajstić information content (AvgIpc) is 2.84. The predicted octanol–water partition coefficient (Wildman–Crippen LogP) is 2.12. The molecule has 0 bridgehead atoms. The van der Waals surface area contributed by atoms with Crippen LogP contribution in [0.2, 0.25) is 0 Å². The lowest BCUT2D eigenvalue weighted by atomic mass is 10.1. The number of benzene rings is 1. The standard InChI is InChI=1S/C15H20N2O5S2/c1-5-14(12-6-8-13(9-7-12)23(4,18)19)17-24(20,21)15-10(2)16-22-11(15)3/h6-9,14,17H,5H2,1-4H3/t14-/m0/s1. The summed E-state index contributed by atoms with van der Waals surface area (Å²) in [6.07, 6.45) is 1.63. The number of hydrogen-bond donors (Lipinski definition) is 1. The Morgan fingerprint density at radius 3 is 2.12 bits per heavy atom. The Morgan fingerprint density at radius 1 is 1.12 bits per heavy atom. The first kappa shape index (κ1) is 18.6. The Hall–Kier alpha value is -1.71. The van der Waals surface area contributed by atoms with Crippen molar-refractivity contribution in [2.75, 3.05) is 6.26 Å². The van der Waals surface area contributed by atoms with Crippen LogP contribution in [0.1, 0.15) is 36.4 Å². The molecule has 9 heteroatoms. The molecule has 0 fully saturated rings. The highest BCUT2D eigenvalue weighted by molar-refractivity contribution is 7.90. The van der Waals surface area contributed by atoms with E-state index in [4.69, 9.17) is 4.52 Å². The Bertz CT molecular complexity index is 909. The monoisotopic (exact) mass is 372 g/mol. The lowest BCUT2D eigenvalue weighted by Gasteiger charge is -2.17. The number of rotatable bonds is 6. The number of aromatic nitrogens is 1. The van der Waals surface area contributed by atoms with Gasteiger partial charge in [0.1, 0.15) is 10.6 Å². The minimum absolute atomic E-state index is 0.0358. The number of aryl methyl sites for hydroxylation is 2. The lowest BCUT2D eigenvalue weighted by Crippen LogP contribution is -2.29. The van der Waals surface area contributed by atoms with Crippen LogP contribution in [-0.2, 0) is 19.9 Å². The third-order valence-electron chi connectivity index (χ3n) is 3.65. The Kier molecular flexibility index (Phi) is 5.17. The molecule has 132 valence electrons. The highest BCUT2D eigenvalue weighted by atomic mass is 32.2. The van der Waals surface area contributed by atoms with Crippen LogP contribution in [0.5, 0.6) is 0 Å². The predicted molar refractivity (Wildman–Crippen MR) is 88.9 cm³/mol. The summed E-state index contributed by atoms with van der Waals surface area (Å²) in [5.74, 6) is 0.224. The van der Waals surface area contributed by atoms with E-state index in [-0.39, 0.29) is 15.6 Å². The quantitative estimate of drug-likeness (QED) is 0.832. The normalized spacial score (nSPS) is 13.8. The van der Waals surface area contributed by atoms with E-state index >= 15 is 0 Å². The van der Waals surface area contributed by atoms with Crippen molar-refractivity contribution in [1.82, 2.24) is 9.88 Å². The molecule has 0 aliphatic rings. The smallest absolute Gasteiger partial charge is 0.246 e. The third kappa shape index (κ3) is 3.85. The van der Waals surface area contributed by atoms with Crippen LogP contribution in [0, 0.1) is 13.8 Å². The topological polar surface area (TPSA) is 106 Å². The first-order chi connectivity index (χ1) is 11.1. The van der Waals surface area contributed by atoms with Gasteiger partial charge in [0, 0.05) is 12.3 Å². The summed E-state index contributed by atoms with van der Waals surface area (Å²) >= 11 is 0. The number of hydrogen-bond acceptors (Lipinski definition) is 6. The first-order valence-electron chi connectivity index (χ1n) is 7.31. The maximum absolute atomic E-state index is 12.6. The average molecular weight is 372 g/mol.